The number of aliphatic hydroxyl groups excluding tert-OH is 1. The lowest BCUT2D eigenvalue weighted by Gasteiger charge is -2.18. The van der Waals surface area contributed by atoms with Crippen LogP contribution in [0.4, 0.5) is 0 Å². The summed E-state index contributed by atoms with van der Waals surface area (Å²) in [4.78, 5) is 31.3. The van der Waals surface area contributed by atoms with Gasteiger partial charge in [-0.25, -0.2) is 0 Å². The van der Waals surface area contributed by atoms with Gasteiger partial charge in [-0.15, -0.1) is 0 Å². The smallest absolute Gasteiger partial charge is 0.317 e. The summed E-state index contributed by atoms with van der Waals surface area (Å²) in [5, 5.41) is 16.5. The van der Waals surface area contributed by atoms with Crippen molar-refractivity contribution in [2.24, 2.45) is 0 Å². The Balaban J connectivity index is 0. The molecule has 7 nitrogen and oxygen atoms in total. The van der Waals surface area contributed by atoms with Gasteiger partial charge in [-0.2, -0.15) is 0 Å². The van der Waals surface area contributed by atoms with E-state index in [0.717, 1.165) is 0 Å². The third kappa shape index (κ3) is 20.8. The molecular formula is C14H26O7. The number of esters is 2. The quantitative estimate of drug-likeness (QED) is 0.598. The molecule has 0 aromatic heterocycles. The molecule has 0 saturated heterocycles. The first-order chi connectivity index (χ1) is 9.26. The van der Waals surface area contributed by atoms with E-state index in [1.54, 1.807) is 41.5 Å². The molecule has 0 radical (unpaired) electrons. The Morgan fingerprint density at radius 1 is 0.857 bits per heavy atom. The summed E-state index contributed by atoms with van der Waals surface area (Å²) in [5.41, 5.74) is -1.04. The van der Waals surface area contributed by atoms with Gasteiger partial charge in [-0.05, 0) is 41.5 Å². The summed E-state index contributed by atoms with van der Waals surface area (Å²) >= 11 is 0. The molecular weight excluding hydrogens is 280 g/mol. The van der Waals surface area contributed by atoms with Gasteiger partial charge in [0.05, 0.1) is 13.0 Å². The number of hydrogen-bond acceptors (Lipinski definition) is 6. The van der Waals surface area contributed by atoms with Gasteiger partial charge in [0.15, 0.2) is 0 Å². The lowest BCUT2D eigenvalue weighted by Crippen LogP contribution is -2.25. The number of carbonyl (C=O) groups excluding carboxylic acids is 2. The number of rotatable bonds is 4. The molecule has 21 heavy (non-hydrogen) atoms. The second-order valence-corrected chi connectivity index (χ2v) is 6.22. The molecule has 0 rings (SSSR count). The molecule has 0 aliphatic heterocycles. The van der Waals surface area contributed by atoms with Crippen LogP contribution in [0.1, 0.15) is 54.4 Å². The maximum absolute atomic E-state index is 10.7. The van der Waals surface area contributed by atoms with E-state index in [2.05, 4.69) is 0 Å². The number of aliphatic hydroxyl groups is 1. The van der Waals surface area contributed by atoms with Crippen LogP contribution in [-0.2, 0) is 23.9 Å². The average molecular weight is 306 g/mol. The van der Waals surface area contributed by atoms with Gasteiger partial charge in [0.25, 0.3) is 0 Å². The van der Waals surface area contributed by atoms with Gasteiger partial charge in [-0.1, -0.05) is 0 Å². The zero-order valence-electron chi connectivity index (χ0n) is 13.6. The molecule has 124 valence electrons. The molecule has 0 spiro atoms. The maximum atomic E-state index is 10.7. The number of aliphatic carboxylic acids is 1. The third-order valence-corrected chi connectivity index (χ3v) is 1.45. The Bertz CT molecular complexity index is 347. The number of ether oxygens (including phenoxy) is 2. The van der Waals surface area contributed by atoms with E-state index in [-0.39, 0.29) is 19.0 Å². The average Bonchev–Trinajstić information content (AvgIpc) is 2.09. The minimum Gasteiger partial charge on any atom is -0.481 e. The van der Waals surface area contributed by atoms with Crippen LogP contribution in [0, 0.1) is 0 Å². The first kappa shape index (κ1) is 21.7. The van der Waals surface area contributed by atoms with Gasteiger partial charge >= 0.3 is 17.9 Å². The van der Waals surface area contributed by atoms with Crippen molar-refractivity contribution in [3.8, 4) is 0 Å². The number of carbonyl (C=O) groups is 3. The number of hydrogen-bond donors (Lipinski definition) is 2. The highest BCUT2D eigenvalue weighted by Gasteiger charge is 2.18. The van der Waals surface area contributed by atoms with Gasteiger partial charge < -0.3 is 19.7 Å². The van der Waals surface area contributed by atoms with Crippen LogP contribution >= 0.6 is 0 Å². The normalized spacial score (nSPS) is 11.0. The van der Waals surface area contributed by atoms with E-state index < -0.39 is 29.6 Å². The van der Waals surface area contributed by atoms with Crippen molar-refractivity contribution in [2.75, 3.05) is 6.61 Å². The van der Waals surface area contributed by atoms with Crippen LogP contribution in [-0.4, -0.2) is 45.9 Å². The van der Waals surface area contributed by atoms with Crippen molar-refractivity contribution in [3.63, 3.8) is 0 Å². The van der Waals surface area contributed by atoms with Crippen LogP contribution in [0.15, 0.2) is 0 Å². The molecule has 0 heterocycles. The van der Waals surface area contributed by atoms with Crippen molar-refractivity contribution in [1.82, 2.24) is 0 Å². The summed E-state index contributed by atoms with van der Waals surface area (Å²) in [6, 6.07) is 0. The Labute approximate surface area is 125 Å². The molecule has 0 aliphatic rings. The molecule has 2 N–H and O–H groups in total. The van der Waals surface area contributed by atoms with Crippen LogP contribution in [0.5, 0.6) is 0 Å². The molecule has 0 aromatic carbocycles. The zero-order chi connectivity index (χ0) is 17.3. The maximum Gasteiger partial charge on any atom is 0.317 e. The minimum absolute atomic E-state index is 0.0806. The second-order valence-electron chi connectivity index (χ2n) is 6.22. The standard InChI is InChI=1S/C7H12O4.C7H14O3/c1-7(2,3)11-6(10)4-5(8)9;1-7(2,3)10-6(9)4-5-8/h4H2,1-3H3,(H,8,9);8H,4-5H2,1-3H3. The molecule has 0 atom stereocenters. The molecule has 0 unspecified atom stereocenters. The third-order valence-electron chi connectivity index (χ3n) is 1.45. The molecule has 0 aliphatic carbocycles. The molecule has 0 amide bonds. The van der Waals surface area contributed by atoms with Crippen LogP contribution < -0.4 is 0 Å². The predicted molar refractivity (Wildman–Crippen MR) is 75.6 cm³/mol. The Hall–Kier alpha value is -1.63. The highest BCUT2D eigenvalue weighted by molar-refractivity contribution is 5.90. The Morgan fingerprint density at radius 2 is 1.24 bits per heavy atom. The van der Waals surface area contributed by atoms with Crippen LogP contribution in [0.25, 0.3) is 0 Å². The van der Waals surface area contributed by atoms with Gasteiger partial charge in [0, 0.05) is 0 Å². The molecule has 0 fully saturated rings. The molecule has 0 bridgehead atoms. The summed E-state index contributed by atoms with van der Waals surface area (Å²) in [5.74, 6) is -2.22. The Morgan fingerprint density at radius 3 is 1.52 bits per heavy atom. The highest BCUT2D eigenvalue weighted by Crippen LogP contribution is 2.08. The fourth-order valence-electron chi connectivity index (χ4n) is 0.985. The van der Waals surface area contributed by atoms with Crippen molar-refractivity contribution < 1.29 is 34.1 Å². The minimum atomic E-state index is -1.17. The molecule has 0 saturated carbocycles. The first-order valence-electron chi connectivity index (χ1n) is 6.53. The van der Waals surface area contributed by atoms with Crippen molar-refractivity contribution in [3.05, 3.63) is 0 Å². The van der Waals surface area contributed by atoms with E-state index in [0.29, 0.717) is 0 Å². The van der Waals surface area contributed by atoms with Crippen molar-refractivity contribution in [1.29, 1.82) is 0 Å². The largest absolute Gasteiger partial charge is 0.481 e. The van der Waals surface area contributed by atoms with E-state index in [1.165, 1.54) is 0 Å². The topological polar surface area (TPSA) is 110 Å². The predicted octanol–water partition coefficient (Wildman–Crippen LogP) is 1.51. The van der Waals surface area contributed by atoms with E-state index >= 15 is 0 Å². The number of carboxylic acid groups (broad SMARTS) is 1. The van der Waals surface area contributed by atoms with Crippen LogP contribution in [0.2, 0.25) is 0 Å². The SMILES string of the molecule is CC(C)(C)OC(=O)CC(=O)O.CC(C)(C)OC(=O)CCO. The monoisotopic (exact) mass is 306 g/mol. The van der Waals surface area contributed by atoms with Gasteiger partial charge in [-0.3, -0.25) is 14.4 Å². The van der Waals surface area contributed by atoms with E-state index in [1.807, 2.05) is 0 Å². The lowest BCUT2D eigenvalue weighted by atomic mass is 10.2. The highest BCUT2D eigenvalue weighted by atomic mass is 16.6. The van der Waals surface area contributed by atoms with Gasteiger partial charge in [0.2, 0.25) is 0 Å². The second kappa shape index (κ2) is 9.33. The first-order valence-corrected chi connectivity index (χ1v) is 6.53. The Kier molecular flexibility index (Phi) is 9.63. The fraction of sp³-hybridized carbons (Fsp3) is 0.786. The summed E-state index contributed by atoms with van der Waals surface area (Å²) in [6.07, 6.45) is -0.492. The van der Waals surface area contributed by atoms with Crippen LogP contribution in [0.3, 0.4) is 0 Å². The van der Waals surface area contributed by atoms with Crippen molar-refractivity contribution in [2.45, 2.75) is 65.6 Å². The van der Waals surface area contributed by atoms with Crippen molar-refractivity contribution >= 4 is 17.9 Å². The molecule has 0 aromatic rings. The lowest BCUT2D eigenvalue weighted by molar-refractivity contribution is -0.160. The summed E-state index contributed by atoms with van der Waals surface area (Å²) in [6.45, 7) is 10.3. The number of carboxylic acids is 1. The van der Waals surface area contributed by atoms with E-state index in [4.69, 9.17) is 19.7 Å². The summed E-state index contributed by atoms with van der Waals surface area (Å²) in [7, 11) is 0. The fourth-order valence-corrected chi connectivity index (χ4v) is 0.985. The zero-order valence-corrected chi connectivity index (χ0v) is 13.6. The van der Waals surface area contributed by atoms with Gasteiger partial charge in [0.1, 0.15) is 17.6 Å². The molecule has 7 heteroatoms. The van der Waals surface area contributed by atoms with E-state index in [9.17, 15) is 14.4 Å². The summed E-state index contributed by atoms with van der Waals surface area (Å²) < 4.78 is 9.61.